The van der Waals surface area contributed by atoms with Crippen molar-refractivity contribution in [3.63, 3.8) is 0 Å². The molecule has 182 valence electrons. The molecule has 0 saturated heterocycles. The van der Waals surface area contributed by atoms with Crippen LogP contribution in [0.2, 0.25) is 0 Å². The number of nitrogens with one attached hydrogen (secondary N) is 2. The van der Waals surface area contributed by atoms with Crippen LogP contribution in [0.4, 0.5) is 30.6 Å². The van der Waals surface area contributed by atoms with Gasteiger partial charge in [0.2, 0.25) is 5.95 Å². The molecule has 0 aliphatic rings. The van der Waals surface area contributed by atoms with Gasteiger partial charge in [-0.15, -0.1) is 13.2 Å². The molecule has 3 rings (SSSR count). The zero-order valence-electron chi connectivity index (χ0n) is 19.2. The largest absolute Gasteiger partial charge is 0.573 e. The minimum Gasteiger partial charge on any atom is -0.406 e. The van der Waals surface area contributed by atoms with Crippen LogP contribution in [0.25, 0.3) is 11.3 Å². The zero-order valence-corrected chi connectivity index (χ0v) is 20.8. The van der Waals surface area contributed by atoms with Crippen molar-refractivity contribution >= 4 is 33.4 Å². The van der Waals surface area contributed by atoms with Crippen molar-refractivity contribution in [1.82, 2.24) is 9.97 Å². The number of anilines is 3. The van der Waals surface area contributed by atoms with Crippen LogP contribution < -0.4 is 15.4 Å². The van der Waals surface area contributed by atoms with Gasteiger partial charge in [-0.2, -0.15) is 4.98 Å². The average Bonchev–Trinajstić information content (AvgIpc) is 2.73. The van der Waals surface area contributed by atoms with Gasteiger partial charge in [-0.05, 0) is 55.2 Å². The molecule has 3 N–H and O–H groups in total. The quantitative estimate of drug-likeness (QED) is 0.300. The average molecular weight is 539 g/mol. The molecule has 10 heteroatoms. The van der Waals surface area contributed by atoms with E-state index in [1.807, 2.05) is 39.8 Å². The Morgan fingerprint density at radius 3 is 2.32 bits per heavy atom. The molecule has 0 spiro atoms. The highest BCUT2D eigenvalue weighted by atomic mass is 79.9. The van der Waals surface area contributed by atoms with Gasteiger partial charge >= 0.3 is 6.36 Å². The molecule has 0 aliphatic carbocycles. The van der Waals surface area contributed by atoms with Crippen LogP contribution in [0.15, 0.2) is 46.9 Å². The van der Waals surface area contributed by atoms with E-state index in [2.05, 4.69) is 41.3 Å². The third-order valence-corrected chi connectivity index (χ3v) is 5.61. The summed E-state index contributed by atoms with van der Waals surface area (Å²) in [7, 11) is 0. The Kier molecular flexibility index (Phi) is 8.04. The van der Waals surface area contributed by atoms with Crippen molar-refractivity contribution in [3.05, 3.63) is 58.1 Å². The fourth-order valence-corrected chi connectivity index (χ4v) is 4.09. The van der Waals surface area contributed by atoms with Crippen molar-refractivity contribution in [3.8, 4) is 17.0 Å². The molecule has 34 heavy (non-hydrogen) atoms. The molecule has 0 unspecified atom stereocenters. The van der Waals surface area contributed by atoms with Gasteiger partial charge in [0, 0.05) is 21.8 Å². The van der Waals surface area contributed by atoms with E-state index in [1.165, 1.54) is 18.2 Å². The SMILES string of the molecule is Cc1cc(Br)cc(C)c1Nc1cc(-c2cccc(OC(F)(F)F)c2)nc(N[C@H](CO)C(C)C)n1. The summed E-state index contributed by atoms with van der Waals surface area (Å²) in [6.07, 6.45) is -4.80. The Labute approximate surface area is 204 Å². The van der Waals surface area contributed by atoms with Gasteiger partial charge in [-0.3, -0.25) is 0 Å². The maximum Gasteiger partial charge on any atom is 0.573 e. The number of halogens is 4. The van der Waals surface area contributed by atoms with E-state index in [4.69, 9.17) is 0 Å². The Morgan fingerprint density at radius 1 is 1.06 bits per heavy atom. The van der Waals surface area contributed by atoms with E-state index >= 15 is 0 Å². The molecule has 0 radical (unpaired) electrons. The van der Waals surface area contributed by atoms with Crippen LogP contribution in [0.3, 0.4) is 0 Å². The predicted molar refractivity (Wildman–Crippen MR) is 130 cm³/mol. The highest BCUT2D eigenvalue weighted by Crippen LogP contribution is 2.31. The highest BCUT2D eigenvalue weighted by molar-refractivity contribution is 9.10. The second kappa shape index (κ2) is 10.6. The molecular formula is C24H26BrF3N4O2. The first-order chi connectivity index (χ1) is 15.9. The van der Waals surface area contributed by atoms with Crippen LogP contribution in [-0.2, 0) is 0 Å². The molecule has 0 bridgehead atoms. The second-order valence-electron chi connectivity index (χ2n) is 8.25. The first-order valence-corrected chi connectivity index (χ1v) is 11.4. The number of aromatic nitrogens is 2. The number of benzene rings is 2. The van der Waals surface area contributed by atoms with Gasteiger partial charge in [0.25, 0.3) is 0 Å². The number of aryl methyl sites for hydroxylation is 2. The number of nitrogens with zero attached hydrogens (tertiary/aromatic N) is 2. The number of aliphatic hydroxyl groups is 1. The summed E-state index contributed by atoms with van der Waals surface area (Å²) in [6.45, 7) is 7.68. The number of rotatable bonds is 8. The van der Waals surface area contributed by atoms with Gasteiger partial charge < -0.3 is 20.5 Å². The Hall–Kier alpha value is -2.85. The minimum absolute atomic E-state index is 0.0909. The Bertz CT molecular complexity index is 1130. The predicted octanol–water partition coefficient (Wildman–Crippen LogP) is 6.59. The lowest BCUT2D eigenvalue weighted by Crippen LogP contribution is -2.30. The van der Waals surface area contributed by atoms with Gasteiger partial charge in [-0.25, -0.2) is 4.98 Å². The number of ether oxygens (including phenoxy) is 1. The van der Waals surface area contributed by atoms with Crippen molar-refractivity contribution in [2.45, 2.75) is 40.1 Å². The third-order valence-electron chi connectivity index (χ3n) is 5.16. The van der Waals surface area contributed by atoms with Crippen molar-refractivity contribution in [2.24, 2.45) is 5.92 Å². The van der Waals surface area contributed by atoms with Crippen molar-refractivity contribution in [2.75, 3.05) is 17.2 Å². The molecule has 2 aromatic carbocycles. The monoisotopic (exact) mass is 538 g/mol. The number of hydrogen-bond donors (Lipinski definition) is 3. The van der Waals surface area contributed by atoms with Crippen LogP contribution in [-0.4, -0.2) is 34.1 Å². The van der Waals surface area contributed by atoms with E-state index in [0.29, 0.717) is 17.1 Å². The Morgan fingerprint density at radius 2 is 1.74 bits per heavy atom. The standard InChI is InChI=1S/C24H26BrF3N4O2/c1-13(2)20(12-33)30-23-29-19(16-6-5-7-18(10-16)34-24(26,27)28)11-21(32-23)31-22-14(3)8-17(25)9-15(22)4/h5-11,13,20,33H,12H2,1-4H3,(H2,29,30,31,32)/t20-/m1/s1. The number of alkyl halides is 3. The first kappa shape index (κ1) is 25.8. The van der Waals surface area contributed by atoms with E-state index in [1.54, 1.807) is 12.1 Å². The molecule has 0 saturated carbocycles. The molecule has 6 nitrogen and oxygen atoms in total. The maximum absolute atomic E-state index is 12.7. The van der Waals surface area contributed by atoms with Gasteiger partial charge in [0.1, 0.15) is 11.6 Å². The summed E-state index contributed by atoms with van der Waals surface area (Å²) in [5.74, 6) is 0.432. The lowest BCUT2D eigenvalue weighted by atomic mass is 10.1. The molecule has 0 amide bonds. The minimum atomic E-state index is -4.80. The van der Waals surface area contributed by atoms with Crippen LogP contribution in [0.5, 0.6) is 5.75 Å². The third kappa shape index (κ3) is 6.83. The highest BCUT2D eigenvalue weighted by Gasteiger charge is 2.31. The maximum atomic E-state index is 12.7. The number of hydrogen-bond acceptors (Lipinski definition) is 6. The van der Waals surface area contributed by atoms with Crippen LogP contribution in [0, 0.1) is 19.8 Å². The molecule has 3 aromatic rings. The summed E-state index contributed by atoms with van der Waals surface area (Å²) < 4.78 is 43.2. The van der Waals surface area contributed by atoms with Crippen molar-refractivity contribution in [1.29, 1.82) is 0 Å². The van der Waals surface area contributed by atoms with E-state index < -0.39 is 6.36 Å². The molecular weight excluding hydrogens is 513 g/mol. The smallest absolute Gasteiger partial charge is 0.406 e. The molecule has 1 atom stereocenters. The fourth-order valence-electron chi connectivity index (χ4n) is 3.40. The summed E-state index contributed by atoms with van der Waals surface area (Å²) in [4.78, 5) is 9.04. The van der Waals surface area contributed by atoms with E-state index in [9.17, 15) is 18.3 Å². The zero-order chi connectivity index (χ0) is 25.0. The molecule has 0 fully saturated rings. The topological polar surface area (TPSA) is 79.3 Å². The first-order valence-electron chi connectivity index (χ1n) is 10.6. The second-order valence-corrected chi connectivity index (χ2v) is 9.17. The van der Waals surface area contributed by atoms with Crippen LogP contribution in [0.1, 0.15) is 25.0 Å². The normalized spacial score (nSPS) is 12.5. The lowest BCUT2D eigenvalue weighted by Gasteiger charge is -2.21. The van der Waals surface area contributed by atoms with Gasteiger partial charge in [0.15, 0.2) is 0 Å². The molecule has 0 aliphatic heterocycles. The van der Waals surface area contributed by atoms with E-state index in [0.717, 1.165) is 21.3 Å². The summed E-state index contributed by atoms with van der Waals surface area (Å²) >= 11 is 3.48. The van der Waals surface area contributed by atoms with Crippen LogP contribution >= 0.6 is 15.9 Å². The lowest BCUT2D eigenvalue weighted by molar-refractivity contribution is -0.274. The summed E-state index contributed by atoms with van der Waals surface area (Å²) in [5, 5.41) is 16.2. The number of aliphatic hydroxyl groups excluding tert-OH is 1. The fraction of sp³-hybridized carbons (Fsp3) is 0.333. The summed E-state index contributed by atoms with van der Waals surface area (Å²) in [6, 6.07) is 10.9. The van der Waals surface area contributed by atoms with Crippen molar-refractivity contribution < 1.29 is 23.0 Å². The van der Waals surface area contributed by atoms with Gasteiger partial charge in [-0.1, -0.05) is 41.9 Å². The van der Waals surface area contributed by atoms with Gasteiger partial charge in [0.05, 0.1) is 18.3 Å². The Balaban J connectivity index is 2.06. The molecule has 1 aromatic heterocycles. The van der Waals surface area contributed by atoms with E-state index in [-0.39, 0.29) is 30.3 Å². The molecule has 1 heterocycles. The summed E-state index contributed by atoms with van der Waals surface area (Å²) in [5.41, 5.74) is 3.63.